The SMILES string of the molecule is COc1cc(O[C@@H]2O[C@H](CO[C@@H]3OC[C@@H](O)[C@H](O)[C@H]3O)[C@@H](O)[C@H](O)[C@H]2O)cc(OC)c1O. The predicted molar refractivity (Wildman–Crippen MR) is 102 cm³/mol. The zero-order chi connectivity index (χ0) is 23.6. The molecule has 2 heterocycles. The Balaban J connectivity index is 1.69. The molecule has 2 fully saturated rings. The van der Waals surface area contributed by atoms with E-state index >= 15 is 0 Å². The molecule has 13 nitrogen and oxygen atoms in total. The standard InChI is InChI=1S/C19H28O13/c1-27-9-3-7(4-10(28-2)13(9)22)31-19-17(26)15(24)14(23)11(32-19)6-30-18-16(25)12(21)8(20)5-29-18/h3-4,8,11-12,14-26H,5-6H2,1-2H3/t8-,11-,12+,14-,15+,16-,17-,18+,19-/m1/s1. The van der Waals surface area contributed by atoms with Crippen molar-refractivity contribution >= 4 is 0 Å². The lowest BCUT2D eigenvalue weighted by Gasteiger charge is -2.41. The Hall–Kier alpha value is -1.94. The number of aliphatic hydroxyl groups is 6. The Morgan fingerprint density at radius 1 is 0.844 bits per heavy atom. The number of aliphatic hydroxyl groups excluding tert-OH is 6. The molecular weight excluding hydrogens is 436 g/mol. The van der Waals surface area contributed by atoms with Gasteiger partial charge in [-0.2, -0.15) is 0 Å². The van der Waals surface area contributed by atoms with Crippen LogP contribution in [0.5, 0.6) is 23.0 Å². The molecule has 0 spiro atoms. The van der Waals surface area contributed by atoms with E-state index in [1.54, 1.807) is 0 Å². The number of phenolic OH excluding ortho intramolecular Hbond substituents is 1. The van der Waals surface area contributed by atoms with Crippen LogP contribution in [0.15, 0.2) is 12.1 Å². The van der Waals surface area contributed by atoms with Crippen molar-refractivity contribution in [1.29, 1.82) is 0 Å². The van der Waals surface area contributed by atoms with Gasteiger partial charge >= 0.3 is 0 Å². The summed E-state index contributed by atoms with van der Waals surface area (Å²) in [5.74, 6) is -0.164. The second-order valence-corrected chi connectivity index (χ2v) is 7.39. The molecule has 0 aromatic heterocycles. The van der Waals surface area contributed by atoms with E-state index in [1.165, 1.54) is 26.4 Å². The van der Waals surface area contributed by atoms with E-state index in [0.717, 1.165) is 0 Å². The molecule has 1 aromatic rings. The molecule has 0 unspecified atom stereocenters. The van der Waals surface area contributed by atoms with E-state index in [2.05, 4.69) is 0 Å². The van der Waals surface area contributed by atoms with Gasteiger partial charge in [0.05, 0.1) is 27.4 Å². The highest BCUT2D eigenvalue weighted by molar-refractivity contribution is 5.54. The van der Waals surface area contributed by atoms with Crippen LogP contribution in [0.4, 0.5) is 0 Å². The number of ether oxygens (including phenoxy) is 6. The lowest BCUT2D eigenvalue weighted by molar-refractivity contribution is -0.307. The van der Waals surface area contributed by atoms with Crippen molar-refractivity contribution in [3.8, 4) is 23.0 Å². The first-order valence-corrected chi connectivity index (χ1v) is 9.76. The van der Waals surface area contributed by atoms with E-state index in [4.69, 9.17) is 28.4 Å². The Morgan fingerprint density at radius 3 is 2.03 bits per heavy atom. The van der Waals surface area contributed by atoms with Crippen molar-refractivity contribution in [2.24, 2.45) is 0 Å². The van der Waals surface area contributed by atoms with Crippen LogP contribution in [0.2, 0.25) is 0 Å². The highest BCUT2D eigenvalue weighted by atomic mass is 16.7. The predicted octanol–water partition coefficient (Wildman–Crippen LogP) is -2.95. The van der Waals surface area contributed by atoms with Crippen LogP contribution >= 0.6 is 0 Å². The summed E-state index contributed by atoms with van der Waals surface area (Å²) in [5.41, 5.74) is 0. The molecule has 2 aliphatic rings. The zero-order valence-corrected chi connectivity index (χ0v) is 17.3. The van der Waals surface area contributed by atoms with Crippen LogP contribution in [0.25, 0.3) is 0 Å². The van der Waals surface area contributed by atoms with Crippen LogP contribution in [0, 0.1) is 0 Å². The van der Waals surface area contributed by atoms with Gasteiger partial charge in [0.2, 0.25) is 12.0 Å². The summed E-state index contributed by atoms with van der Waals surface area (Å²) in [6.07, 6.45) is -13.2. The lowest BCUT2D eigenvalue weighted by Crippen LogP contribution is -2.61. The summed E-state index contributed by atoms with van der Waals surface area (Å²) in [6, 6.07) is 2.60. The Bertz CT molecular complexity index is 736. The molecule has 1 aromatic carbocycles. The summed E-state index contributed by atoms with van der Waals surface area (Å²) in [6.45, 7) is -0.702. The molecule has 2 saturated heterocycles. The molecule has 13 heteroatoms. The average Bonchev–Trinajstić information content (AvgIpc) is 2.79. The first-order valence-electron chi connectivity index (χ1n) is 9.76. The first kappa shape index (κ1) is 24.7. The number of hydrogen-bond donors (Lipinski definition) is 7. The average molecular weight is 464 g/mol. The summed E-state index contributed by atoms with van der Waals surface area (Å²) < 4.78 is 31.7. The van der Waals surface area contributed by atoms with E-state index in [-0.39, 0.29) is 29.6 Å². The number of benzene rings is 1. The largest absolute Gasteiger partial charge is 0.502 e. The molecule has 0 aliphatic carbocycles. The molecule has 7 N–H and O–H groups in total. The van der Waals surface area contributed by atoms with E-state index in [1.807, 2.05) is 0 Å². The molecular formula is C19H28O13. The van der Waals surface area contributed by atoms with Gasteiger partial charge in [-0.15, -0.1) is 0 Å². The fraction of sp³-hybridized carbons (Fsp3) is 0.684. The van der Waals surface area contributed by atoms with Crippen LogP contribution < -0.4 is 14.2 Å². The molecule has 0 saturated carbocycles. The fourth-order valence-corrected chi connectivity index (χ4v) is 3.34. The number of rotatable bonds is 7. The van der Waals surface area contributed by atoms with Gasteiger partial charge in [-0.25, -0.2) is 0 Å². The molecule has 0 amide bonds. The van der Waals surface area contributed by atoms with Gasteiger partial charge in [0.25, 0.3) is 0 Å². The molecule has 9 atom stereocenters. The van der Waals surface area contributed by atoms with Gasteiger partial charge in [0.1, 0.15) is 48.5 Å². The van der Waals surface area contributed by atoms with Crippen molar-refractivity contribution in [2.45, 2.75) is 55.3 Å². The molecule has 2 aliphatic heterocycles. The van der Waals surface area contributed by atoms with Crippen LogP contribution in [0.3, 0.4) is 0 Å². The summed E-state index contributed by atoms with van der Waals surface area (Å²) in [5, 5.41) is 69.9. The smallest absolute Gasteiger partial charge is 0.229 e. The van der Waals surface area contributed by atoms with E-state index in [0.29, 0.717) is 0 Å². The van der Waals surface area contributed by atoms with Gasteiger partial charge in [-0.05, 0) is 0 Å². The molecule has 0 bridgehead atoms. The molecule has 0 radical (unpaired) electrons. The maximum Gasteiger partial charge on any atom is 0.229 e. The van der Waals surface area contributed by atoms with Gasteiger partial charge in [0.15, 0.2) is 17.8 Å². The van der Waals surface area contributed by atoms with Crippen LogP contribution in [0.1, 0.15) is 0 Å². The third-order valence-electron chi connectivity index (χ3n) is 5.25. The topological polar surface area (TPSA) is 197 Å². The minimum atomic E-state index is -1.67. The molecule has 3 rings (SSSR count). The van der Waals surface area contributed by atoms with Crippen LogP contribution in [-0.2, 0) is 14.2 Å². The monoisotopic (exact) mass is 464 g/mol. The molecule has 32 heavy (non-hydrogen) atoms. The second kappa shape index (κ2) is 10.3. The zero-order valence-electron chi connectivity index (χ0n) is 17.3. The van der Waals surface area contributed by atoms with Gasteiger partial charge in [-0.3, -0.25) is 0 Å². The van der Waals surface area contributed by atoms with Crippen molar-refractivity contribution < 1.29 is 64.2 Å². The van der Waals surface area contributed by atoms with E-state index in [9.17, 15) is 35.7 Å². The van der Waals surface area contributed by atoms with Gasteiger partial charge in [0, 0.05) is 12.1 Å². The first-order chi connectivity index (χ1) is 15.2. The quantitative estimate of drug-likeness (QED) is 0.216. The minimum absolute atomic E-state index is 0.0225. The lowest BCUT2D eigenvalue weighted by atomic mass is 9.99. The maximum absolute atomic E-state index is 10.3. The van der Waals surface area contributed by atoms with Gasteiger partial charge < -0.3 is 64.2 Å². The summed E-state index contributed by atoms with van der Waals surface area (Å²) in [4.78, 5) is 0. The number of methoxy groups -OCH3 is 2. The Labute approximate surface area is 182 Å². The minimum Gasteiger partial charge on any atom is -0.502 e. The van der Waals surface area contributed by atoms with Crippen molar-refractivity contribution in [1.82, 2.24) is 0 Å². The third-order valence-corrected chi connectivity index (χ3v) is 5.25. The van der Waals surface area contributed by atoms with E-state index < -0.39 is 61.9 Å². The summed E-state index contributed by atoms with van der Waals surface area (Å²) >= 11 is 0. The Kier molecular flexibility index (Phi) is 7.97. The second-order valence-electron chi connectivity index (χ2n) is 7.39. The number of phenols is 1. The fourth-order valence-electron chi connectivity index (χ4n) is 3.34. The molecule has 182 valence electrons. The van der Waals surface area contributed by atoms with Crippen molar-refractivity contribution in [3.63, 3.8) is 0 Å². The number of aromatic hydroxyl groups is 1. The number of hydrogen-bond acceptors (Lipinski definition) is 13. The normalized spacial score (nSPS) is 37.7. The van der Waals surface area contributed by atoms with Gasteiger partial charge in [-0.1, -0.05) is 0 Å². The third kappa shape index (κ3) is 5.01. The van der Waals surface area contributed by atoms with Crippen LogP contribution in [-0.4, -0.2) is 118 Å². The van der Waals surface area contributed by atoms with Crippen molar-refractivity contribution in [3.05, 3.63) is 12.1 Å². The highest BCUT2D eigenvalue weighted by Crippen LogP contribution is 2.40. The Morgan fingerprint density at radius 2 is 1.44 bits per heavy atom. The highest BCUT2D eigenvalue weighted by Gasteiger charge is 2.46. The maximum atomic E-state index is 10.3. The summed E-state index contributed by atoms with van der Waals surface area (Å²) in [7, 11) is 2.63. The van der Waals surface area contributed by atoms with Crippen molar-refractivity contribution in [2.75, 3.05) is 27.4 Å².